The van der Waals surface area contributed by atoms with Crippen LogP contribution in [0.15, 0.2) is 27.4 Å². The van der Waals surface area contributed by atoms with Crippen LogP contribution in [0.5, 0.6) is 0 Å². The fraction of sp³-hybridized carbons (Fsp3) is 0.250. The van der Waals surface area contributed by atoms with E-state index < -0.39 is 0 Å². The largest absolute Gasteiger partial charge is 0.492 e. The molecule has 0 fully saturated rings. The molecule has 0 spiro atoms. The van der Waals surface area contributed by atoms with Crippen molar-refractivity contribution in [2.75, 3.05) is 6.61 Å². The lowest BCUT2D eigenvalue weighted by atomic mass is 10.3. The Kier molecular flexibility index (Phi) is 0.542. The zero-order valence-corrected chi connectivity index (χ0v) is 4.03. The van der Waals surface area contributed by atoms with Gasteiger partial charge < -0.3 is 4.74 Å². The summed E-state index contributed by atoms with van der Waals surface area (Å²) in [5.74, 6) is 0. The molecule has 0 amide bonds. The standard InChI is InChI=1S/C4H3N3O/c1-3-4(2-8-1)6-7-5-3/h1H,2H2. The number of hydrogen-bond acceptors (Lipinski definition) is 4. The van der Waals surface area contributed by atoms with E-state index in [4.69, 9.17) is 4.74 Å². The minimum atomic E-state index is 0.530. The summed E-state index contributed by atoms with van der Waals surface area (Å²) in [6.07, 6.45) is 1.56. The van der Waals surface area contributed by atoms with Crippen molar-refractivity contribution < 1.29 is 4.74 Å². The highest BCUT2D eigenvalue weighted by Crippen LogP contribution is 2.15. The predicted octanol–water partition coefficient (Wildman–Crippen LogP) is 0.680. The SMILES string of the molecule is C1=C2N=NN=C2CO1. The summed E-state index contributed by atoms with van der Waals surface area (Å²) < 4.78 is 4.86. The maximum atomic E-state index is 4.86. The molecule has 0 unspecified atom stereocenters. The van der Waals surface area contributed by atoms with Gasteiger partial charge in [0.05, 0.1) is 0 Å². The highest BCUT2D eigenvalue weighted by atomic mass is 16.5. The quantitative estimate of drug-likeness (QED) is 0.451. The lowest BCUT2D eigenvalue weighted by molar-refractivity contribution is 0.314. The van der Waals surface area contributed by atoms with Gasteiger partial charge in [-0.1, -0.05) is 0 Å². The van der Waals surface area contributed by atoms with E-state index in [2.05, 4.69) is 15.4 Å². The number of nitrogens with zero attached hydrogens (tertiary/aromatic N) is 3. The van der Waals surface area contributed by atoms with Crippen LogP contribution in [-0.2, 0) is 4.74 Å². The van der Waals surface area contributed by atoms with Crippen molar-refractivity contribution in [3.05, 3.63) is 12.0 Å². The van der Waals surface area contributed by atoms with Gasteiger partial charge in [0.25, 0.3) is 0 Å². The van der Waals surface area contributed by atoms with Crippen molar-refractivity contribution in [1.82, 2.24) is 0 Å². The summed E-state index contributed by atoms with van der Waals surface area (Å²) in [6, 6.07) is 0. The highest BCUT2D eigenvalue weighted by molar-refractivity contribution is 6.02. The van der Waals surface area contributed by atoms with Gasteiger partial charge in [-0.2, -0.15) is 0 Å². The third-order valence-corrected chi connectivity index (χ3v) is 1.03. The minimum absolute atomic E-state index is 0.530. The third kappa shape index (κ3) is 0.318. The zero-order chi connectivity index (χ0) is 5.40. The Morgan fingerprint density at radius 2 is 2.62 bits per heavy atom. The van der Waals surface area contributed by atoms with Crippen molar-refractivity contribution in [3.8, 4) is 0 Å². The average molecular weight is 109 g/mol. The van der Waals surface area contributed by atoms with E-state index in [0.29, 0.717) is 6.61 Å². The first-order valence-electron chi connectivity index (χ1n) is 2.26. The normalized spacial score (nSPS) is 22.0. The predicted molar refractivity (Wildman–Crippen MR) is 26.3 cm³/mol. The van der Waals surface area contributed by atoms with E-state index in [9.17, 15) is 0 Å². The molecule has 40 valence electrons. The molecule has 2 rings (SSSR count). The molecule has 0 atom stereocenters. The molecule has 4 heteroatoms. The summed E-state index contributed by atoms with van der Waals surface area (Å²) in [5, 5.41) is 10.8. The molecule has 2 heterocycles. The lowest BCUT2D eigenvalue weighted by Gasteiger charge is -1.82. The molecule has 0 N–H and O–H groups in total. The van der Waals surface area contributed by atoms with Gasteiger partial charge in [-0.05, 0) is 5.22 Å². The van der Waals surface area contributed by atoms with Gasteiger partial charge in [-0.3, -0.25) is 0 Å². The van der Waals surface area contributed by atoms with Gasteiger partial charge in [0, 0.05) is 0 Å². The van der Waals surface area contributed by atoms with Crippen molar-refractivity contribution in [1.29, 1.82) is 0 Å². The van der Waals surface area contributed by atoms with E-state index in [1.165, 1.54) is 0 Å². The molecule has 0 saturated carbocycles. The first kappa shape index (κ1) is 3.77. The molecule has 0 aromatic heterocycles. The van der Waals surface area contributed by atoms with Crippen LogP contribution in [0.4, 0.5) is 0 Å². The smallest absolute Gasteiger partial charge is 0.149 e. The molecule has 0 aromatic rings. The van der Waals surface area contributed by atoms with E-state index in [1.807, 2.05) is 0 Å². The molecule has 0 saturated heterocycles. The Hall–Kier alpha value is -1.19. The number of rotatable bonds is 0. The molecule has 0 aliphatic carbocycles. The van der Waals surface area contributed by atoms with E-state index in [0.717, 1.165) is 11.4 Å². The molecule has 2 aliphatic heterocycles. The van der Waals surface area contributed by atoms with Gasteiger partial charge in [0.1, 0.15) is 24.3 Å². The van der Waals surface area contributed by atoms with Crippen LogP contribution in [0.2, 0.25) is 0 Å². The Morgan fingerprint density at radius 1 is 1.62 bits per heavy atom. The second kappa shape index (κ2) is 1.15. The van der Waals surface area contributed by atoms with E-state index in [-0.39, 0.29) is 0 Å². The summed E-state index contributed by atoms with van der Waals surface area (Å²) in [5.41, 5.74) is 1.61. The summed E-state index contributed by atoms with van der Waals surface area (Å²) >= 11 is 0. The molecular formula is C4H3N3O. The van der Waals surface area contributed by atoms with Crippen molar-refractivity contribution >= 4 is 5.71 Å². The van der Waals surface area contributed by atoms with Gasteiger partial charge in [0.15, 0.2) is 0 Å². The van der Waals surface area contributed by atoms with Crippen LogP contribution in [0.25, 0.3) is 0 Å². The Morgan fingerprint density at radius 3 is 3.50 bits per heavy atom. The topological polar surface area (TPSA) is 46.3 Å². The Bertz CT molecular complexity index is 203. The summed E-state index contributed by atoms with van der Waals surface area (Å²) in [4.78, 5) is 0. The molecule has 0 bridgehead atoms. The molecule has 8 heavy (non-hydrogen) atoms. The monoisotopic (exact) mass is 109 g/mol. The molecular weight excluding hydrogens is 106 g/mol. The molecule has 2 aliphatic rings. The van der Waals surface area contributed by atoms with Gasteiger partial charge >= 0.3 is 0 Å². The van der Waals surface area contributed by atoms with E-state index >= 15 is 0 Å². The van der Waals surface area contributed by atoms with Crippen molar-refractivity contribution in [2.45, 2.75) is 0 Å². The second-order valence-corrected chi connectivity index (χ2v) is 1.55. The fourth-order valence-electron chi connectivity index (χ4n) is 0.627. The van der Waals surface area contributed by atoms with Crippen LogP contribution in [0.1, 0.15) is 0 Å². The van der Waals surface area contributed by atoms with Crippen LogP contribution in [0.3, 0.4) is 0 Å². The fourth-order valence-corrected chi connectivity index (χ4v) is 0.627. The maximum Gasteiger partial charge on any atom is 0.149 e. The molecule has 0 aromatic carbocycles. The van der Waals surface area contributed by atoms with Crippen LogP contribution >= 0.6 is 0 Å². The first-order valence-corrected chi connectivity index (χ1v) is 2.26. The number of fused-ring (bicyclic) bond motifs is 1. The van der Waals surface area contributed by atoms with Crippen LogP contribution < -0.4 is 0 Å². The van der Waals surface area contributed by atoms with Crippen LogP contribution in [-0.4, -0.2) is 12.3 Å². The maximum absolute atomic E-state index is 4.86. The van der Waals surface area contributed by atoms with E-state index in [1.54, 1.807) is 6.26 Å². The summed E-state index contributed by atoms with van der Waals surface area (Å²) in [6.45, 7) is 0.530. The van der Waals surface area contributed by atoms with Crippen LogP contribution in [0, 0.1) is 0 Å². The van der Waals surface area contributed by atoms with Crippen molar-refractivity contribution in [3.63, 3.8) is 0 Å². The third-order valence-electron chi connectivity index (χ3n) is 1.03. The second-order valence-electron chi connectivity index (χ2n) is 1.55. The molecule has 0 radical (unpaired) electrons. The molecule has 4 nitrogen and oxygen atoms in total. The minimum Gasteiger partial charge on any atom is -0.492 e. The highest BCUT2D eigenvalue weighted by Gasteiger charge is 2.17. The zero-order valence-electron chi connectivity index (χ0n) is 4.03. The van der Waals surface area contributed by atoms with Gasteiger partial charge in [-0.25, -0.2) is 0 Å². The number of hydrogen-bond donors (Lipinski definition) is 0. The van der Waals surface area contributed by atoms with Crippen molar-refractivity contribution in [2.24, 2.45) is 15.4 Å². The average Bonchev–Trinajstić information content (AvgIpc) is 2.15. The lowest BCUT2D eigenvalue weighted by Crippen LogP contribution is -1.95. The van der Waals surface area contributed by atoms with Gasteiger partial charge in [-0.15, -0.1) is 10.2 Å². The number of ether oxygens (including phenoxy) is 1. The first-order chi connectivity index (χ1) is 3.97. The van der Waals surface area contributed by atoms with Gasteiger partial charge in [0.2, 0.25) is 0 Å². The summed E-state index contributed by atoms with van der Waals surface area (Å²) in [7, 11) is 0. The Balaban J connectivity index is 2.49. The Labute approximate surface area is 45.6 Å².